The van der Waals surface area contributed by atoms with Crippen LogP contribution in [0, 0.1) is 11.3 Å². The molecule has 2 aromatic rings. The molecule has 29 heavy (non-hydrogen) atoms. The molecule has 1 aliphatic rings. The first kappa shape index (κ1) is 21.5. The number of fused-ring (bicyclic) bond motifs is 1. The smallest absolute Gasteiger partial charge is 0.263 e. The average Bonchev–Trinajstić information content (AvgIpc) is 2.72. The van der Waals surface area contributed by atoms with Crippen molar-refractivity contribution in [1.82, 2.24) is 0 Å². The maximum atomic E-state index is 13.1. The van der Waals surface area contributed by atoms with Crippen molar-refractivity contribution in [2.45, 2.75) is 32.6 Å². The first-order chi connectivity index (χ1) is 13.5. The minimum atomic E-state index is -3.88. The monoisotopic (exact) mass is 436 g/mol. The Morgan fingerprint density at radius 2 is 1.90 bits per heavy atom. The number of halogens is 1. The number of nitrogens with one attached hydrogen (secondary N) is 1. The fourth-order valence-electron chi connectivity index (χ4n) is 3.13. The molecule has 0 bridgehead atoms. The van der Waals surface area contributed by atoms with Crippen LogP contribution in [0.15, 0.2) is 47.4 Å². The predicted molar refractivity (Wildman–Crippen MR) is 115 cm³/mol. The number of rotatable bonds is 5. The van der Waals surface area contributed by atoms with E-state index in [2.05, 4.69) is 4.72 Å². The van der Waals surface area contributed by atoms with E-state index in [1.807, 2.05) is 27.7 Å². The number of sulfonamides is 1. The summed E-state index contributed by atoms with van der Waals surface area (Å²) in [5.74, 6) is 0.713. The van der Waals surface area contributed by atoms with Crippen molar-refractivity contribution in [2.24, 2.45) is 11.3 Å². The van der Waals surface area contributed by atoms with Gasteiger partial charge in [0.15, 0.2) is 0 Å². The van der Waals surface area contributed by atoms with E-state index >= 15 is 0 Å². The summed E-state index contributed by atoms with van der Waals surface area (Å²) in [5, 5.41) is 0.136. The molecule has 0 aliphatic carbocycles. The van der Waals surface area contributed by atoms with Gasteiger partial charge in [-0.05, 0) is 50.1 Å². The van der Waals surface area contributed by atoms with Gasteiger partial charge in [0, 0.05) is 6.54 Å². The second-order valence-electron chi connectivity index (χ2n) is 8.20. The number of ether oxygens (including phenoxy) is 1. The van der Waals surface area contributed by atoms with Crippen LogP contribution in [0.4, 0.5) is 11.4 Å². The molecule has 0 unspecified atom stereocenters. The van der Waals surface area contributed by atoms with Crippen LogP contribution in [0.5, 0.6) is 5.75 Å². The highest BCUT2D eigenvalue weighted by Gasteiger charge is 2.38. The zero-order valence-electron chi connectivity index (χ0n) is 16.9. The van der Waals surface area contributed by atoms with Crippen molar-refractivity contribution < 1.29 is 17.9 Å². The van der Waals surface area contributed by atoms with Gasteiger partial charge in [0.05, 0.1) is 21.8 Å². The van der Waals surface area contributed by atoms with Crippen LogP contribution in [0.3, 0.4) is 0 Å². The molecule has 8 heteroatoms. The standard InChI is InChI=1S/C21H25ClN2O4S/c1-14(2)12-24-17-11-15(9-10-18(17)28-13-21(3,4)20(24)25)23-29(26,27)19-8-6-5-7-16(19)22/h5-11,14,23H,12-13H2,1-4H3. The molecule has 0 atom stereocenters. The third kappa shape index (κ3) is 4.51. The van der Waals surface area contributed by atoms with Gasteiger partial charge >= 0.3 is 0 Å². The molecule has 1 N–H and O–H groups in total. The SMILES string of the molecule is CC(C)CN1C(=O)C(C)(C)COc2ccc(NS(=O)(=O)c3ccccc3Cl)cc21. The van der Waals surface area contributed by atoms with Crippen LogP contribution in [0.25, 0.3) is 0 Å². The Hall–Kier alpha value is -2.25. The molecule has 6 nitrogen and oxygen atoms in total. The van der Waals surface area contributed by atoms with Crippen molar-refractivity contribution in [3.63, 3.8) is 0 Å². The van der Waals surface area contributed by atoms with E-state index < -0.39 is 15.4 Å². The van der Waals surface area contributed by atoms with Gasteiger partial charge < -0.3 is 9.64 Å². The second kappa shape index (κ2) is 7.88. The quantitative estimate of drug-likeness (QED) is 0.746. The zero-order chi connectivity index (χ0) is 21.4. The Kier molecular flexibility index (Phi) is 5.83. The van der Waals surface area contributed by atoms with E-state index in [-0.39, 0.29) is 28.4 Å². The lowest BCUT2D eigenvalue weighted by Gasteiger charge is -2.29. The van der Waals surface area contributed by atoms with Crippen LogP contribution in [-0.4, -0.2) is 27.5 Å². The molecule has 156 valence electrons. The lowest BCUT2D eigenvalue weighted by atomic mass is 9.92. The van der Waals surface area contributed by atoms with Crippen molar-refractivity contribution >= 4 is 38.9 Å². The molecule has 0 saturated heterocycles. The molecule has 1 amide bonds. The van der Waals surface area contributed by atoms with Gasteiger partial charge in [-0.25, -0.2) is 8.42 Å². The minimum absolute atomic E-state index is 0.0101. The third-order valence-corrected chi connectivity index (χ3v) is 6.47. The normalized spacial score (nSPS) is 16.2. The number of hydrogen-bond donors (Lipinski definition) is 1. The summed E-state index contributed by atoms with van der Waals surface area (Å²) in [7, 11) is -3.88. The van der Waals surface area contributed by atoms with E-state index in [1.165, 1.54) is 12.1 Å². The Morgan fingerprint density at radius 1 is 1.21 bits per heavy atom. The lowest BCUT2D eigenvalue weighted by Crippen LogP contribution is -2.43. The summed E-state index contributed by atoms with van der Waals surface area (Å²) < 4.78 is 34.0. The first-order valence-corrected chi connectivity index (χ1v) is 11.2. The van der Waals surface area contributed by atoms with Crippen molar-refractivity contribution in [1.29, 1.82) is 0 Å². The third-order valence-electron chi connectivity index (χ3n) is 4.59. The van der Waals surface area contributed by atoms with Crippen LogP contribution in [-0.2, 0) is 14.8 Å². The molecule has 0 fully saturated rings. The van der Waals surface area contributed by atoms with Gasteiger partial charge in [0.25, 0.3) is 10.0 Å². The van der Waals surface area contributed by atoms with Crippen molar-refractivity contribution in [3.05, 3.63) is 47.5 Å². The molecule has 3 rings (SSSR count). The minimum Gasteiger partial charge on any atom is -0.490 e. The Balaban J connectivity index is 2.01. The summed E-state index contributed by atoms with van der Waals surface area (Å²) in [6, 6.07) is 11.2. The number of carbonyl (C=O) groups is 1. The van der Waals surface area contributed by atoms with Gasteiger partial charge in [-0.15, -0.1) is 0 Å². The van der Waals surface area contributed by atoms with E-state index in [4.69, 9.17) is 16.3 Å². The van der Waals surface area contributed by atoms with Crippen molar-refractivity contribution in [3.8, 4) is 5.75 Å². The topological polar surface area (TPSA) is 75.7 Å². The molecular formula is C21H25ClN2O4S. The number of carbonyl (C=O) groups excluding carboxylic acids is 1. The number of anilines is 2. The van der Waals surface area contributed by atoms with Gasteiger partial charge in [-0.3, -0.25) is 9.52 Å². The molecule has 0 radical (unpaired) electrons. The maximum absolute atomic E-state index is 13.1. The molecule has 0 spiro atoms. The van der Waals surface area contributed by atoms with Gasteiger partial charge in [-0.2, -0.15) is 0 Å². The van der Waals surface area contributed by atoms with E-state index in [0.717, 1.165) is 0 Å². The summed E-state index contributed by atoms with van der Waals surface area (Å²) in [6.07, 6.45) is 0. The summed E-state index contributed by atoms with van der Waals surface area (Å²) in [4.78, 5) is 14.8. The number of nitrogens with zero attached hydrogens (tertiary/aromatic N) is 1. The highest BCUT2D eigenvalue weighted by atomic mass is 35.5. The first-order valence-electron chi connectivity index (χ1n) is 9.37. The number of benzene rings is 2. The Bertz CT molecular complexity index is 1030. The van der Waals surface area contributed by atoms with Crippen LogP contribution >= 0.6 is 11.6 Å². The summed E-state index contributed by atoms with van der Waals surface area (Å²) >= 11 is 6.05. The van der Waals surface area contributed by atoms with E-state index in [1.54, 1.807) is 35.2 Å². The fourth-order valence-corrected chi connectivity index (χ4v) is 4.70. The van der Waals surface area contributed by atoms with Gasteiger partial charge in [-0.1, -0.05) is 37.6 Å². The van der Waals surface area contributed by atoms with Crippen LogP contribution in [0.2, 0.25) is 5.02 Å². The fraction of sp³-hybridized carbons (Fsp3) is 0.381. The molecule has 0 saturated carbocycles. The zero-order valence-corrected chi connectivity index (χ0v) is 18.5. The van der Waals surface area contributed by atoms with E-state index in [0.29, 0.717) is 23.7 Å². The average molecular weight is 437 g/mol. The largest absolute Gasteiger partial charge is 0.490 e. The summed E-state index contributed by atoms with van der Waals surface area (Å²) in [6.45, 7) is 8.48. The molecule has 1 aliphatic heterocycles. The Morgan fingerprint density at radius 3 is 2.55 bits per heavy atom. The molecular weight excluding hydrogens is 412 g/mol. The number of amides is 1. The Labute approximate surface area is 176 Å². The van der Waals surface area contributed by atoms with Crippen LogP contribution < -0.4 is 14.4 Å². The molecule has 0 aromatic heterocycles. The van der Waals surface area contributed by atoms with E-state index in [9.17, 15) is 13.2 Å². The maximum Gasteiger partial charge on any atom is 0.263 e. The van der Waals surface area contributed by atoms with Crippen molar-refractivity contribution in [2.75, 3.05) is 22.8 Å². The van der Waals surface area contributed by atoms with Gasteiger partial charge in [0.2, 0.25) is 5.91 Å². The molecule has 1 heterocycles. The summed E-state index contributed by atoms with van der Waals surface area (Å²) in [5.41, 5.74) is 0.188. The highest BCUT2D eigenvalue weighted by molar-refractivity contribution is 7.92. The lowest BCUT2D eigenvalue weighted by molar-refractivity contribution is -0.127. The van der Waals surface area contributed by atoms with Crippen LogP contribution in [0.1, 0.15) is 27.7 Å². The van der Waals surface area contributed by atoms with Gasteiger partial charge in [0.1, 0.15) is 17.3 Å². The highest BCUT2D eigenvalue weighted by Crippen LogP contribution is 2.39. The molecule has 2 aromatic carbocycles. The number of hydrogen-bond acceptors (Lipinski definition) is 4. The predicted octanol–water partition coefficient (Wildman–Crippen LogP) is 4.55. The second-order valence-corrected chi connectivity index (χ2v) is 10.3.